The molecule has 1 aromatic carbocycles. The fraction of sp³-hybridized carbons (Fsp3) is 0.154. The molecule has 96 valence electrons. The van der Waals surface area contributed by atoms with Gasteiger partial charge in [-0.15, -0.1) is 10.2 Å². The molecular formula is C13H12N4OS. The topological polar surface area (TPSA) is 63.8 Å². The van der Waals surface area contributed by atoms with Crippen molar-refractivity contribution in [3.8, 4) is 5.75 Å². The number of aromatic hydroxyl groups is 1. The highest BCUT2D eigenvalue weighted by Crippen LogP contribution is 2.29. The van der Waals surface area contributed by atoms with E-state index in [9.17, 15) is 5.11 Å². The average Bonchev–Trinajstić information content (AvgIpc) is 2.84. The maximum absolute atomic E-state index is 9.80. The first-order chi connectivity index (χ1) is 9.25. The van der Waals surface area contributed by atoms with E-state index in [1.165, 1.54) is 0 Å². The van der Waals surface area contributed by atoms with Gasteiger partial charge in [-0.25, -0.2) is 0 Å². The van der Waals surface area contributed by atoms with Gasteiger partial charge in [-0.2, -0.15) is 0 Å². The van der Waals surface area contributed by atoms with Crippen molar-refractivity contribution < 1.29 is 5.11 Å². The number of thioether (sulfide) groups is 1. The molecule has 3 rings (SSSR count). The standard InChI is InChI=1S/C13H12N4OS/c1-17-8-15-16-13(17)19-7-9-4-5-11(18)12-10(9)3-2-6-14-12/h2-6,8,18H,7H2,1H3. The Balaban J connectivity index is 1.93. The maximum atomic E-state index is 9.80. The molecule has 3 aromatic rings. The normalized spacial score (nSPS) is 11.0. The highest BCUT2D eigenvalue weighted by atomic mass is 32.2. The number of phenolic OH excluding ortho intramolecular Hbond substituents is 1. The van der Waals surface area contributed by atoms with E-state index >= 15 is 0 Å². The molecule has 0 aliphatic heterocycles. The van der Waals surface area contributed by atoms with Gasteiger partial charge in [0.15, 0.2) is 5.16 Å². The zero-order valence-corrected chi connectivity index (χ0v) is 11.1. The molecule has 6 heteroatoms. The van der Waals surface area contributed by atoms with Gasteiger partial charge in [-0.1, -0.05) is 23.9 Å². The number of phenols is 1. The first-order valence-electron chi connectivity index (χ1n) is 5.78. The second-order valence-electron chi connectivity index (χ2n) is 4.16. The molecule has 0 radical (unpaired) electrons. The van der Waals surface area contributed by atoms with Gasteiger partial charge in [-0.05, 0) is 17.7 Å². The average molecular weight is 272 g/mol. The van der Waals surface area contributed by atoms with Crippen LogP contribution in [-0.2, 0) is 12.8 Å². The molecule has 0 fully saturated rings. The second kappa shape index (κ2) is 4.89. The Morgan fingerprint density at radius 3 is 3.00 bits per heavy atom. The quantitative estimate of drug-likeness (QED) is 0.741. The molecule has 0 bridgehead atoms. The van der Waals surface area contributed by atoms with Crippen molar-refractivity contribution in [1.29, 1.82) is 0 Å². The van der Waals surface area contributed by atoms with Crippen LogP contribution in [0.1, 0.15) is 5.56 Å². The Bertz CT molecular complexity index is 725. The van der Waals surface area contributed by atoms with Crippen LogP contribution in [0.25, 0.3) is 10.9 Å². The number of rotatable bonds is 3. The van der Waals surface area contributed by atoms with Crippen LogP contribution in [0.5, 0.6) is 5.75 Å². The summed E-state index contributed by atoms with van der Waals surface area (Å²) >= 11 is 1.61. The van der Waals surface area contributed by atoms with E-state index in [1.807, 2.05) is 29.8 Å². The summed E-state index contributed by atoms with van der Waals surface area (Å²) in [6.45, 7) is 0. The van der Waals surface area contributed by atoms with Gasteiger partial charge in [0, 0.05) is 24.4 Å². The number of hydrogen-bond donors (Lipinski definition) is 1. The molecule has 0 unspecified atom stereocenters. The van der Waals surface area contributed by atoms with Gasteiger partial charge in [0.2, 0.25) is 0 Å². The van der Waals surface area contributed by atoms with Gasteiger partial charge in [0.1, 0.15) is 17.6 Å². The van der Waals surface area contributed by atoms with Crippen molar-refractivity contribution in [2.24, 2.45) is 7.05 Å². The molecular weight excluding hydrogens is 260 g/mol. The van der Waals surface area contributed by atoms with Crippen LogP contribution in [-0.4, -0.2) is 24.9 Å². The lowest BCUT2D eigenvalue weighted by Gasteiger charge is -2.06. The van der Waals surface area contributed by atoms with Crippen molar-refractivity contribution in [3.63, 3.8) is 0 Å². The second-order valence-corrected chi connectivity index (χ2v) is 5.10. The molecule has 2 heterocycles. The number of aromatic nitrogens is 4. The van der Waals surface area contributed by atoms with E-state index in [-0.39, 0.29) is 5.75 Å². The summed E-state index contributed by atoms with van der Waals surface area (Å²) < 4.78 is 1.88. The van der Waals surface area contributed by atoms with E-state index in [0.29, 0.717) is 5.52 Å². The third-order valence-corrected chi connectivity index (χ3v) is 3.95. The molecule has 0 saturated carbocycles. The predicted octanol–water partition coefficient (Wildman–Crippen LogP) is 2.36. The lowest BCUT2D eigenvalue weighted by Crippen LogP contribution is -1.91. The Morgan fingerprint density at radius 1 is 1.32 bits per heavy atom. The van der Waals surface area contributed by atoms with E-state index in [4.69, 9.17) is 0 Å². The minimum Gasteiger partial charge on any atom is -0.506 e. The van der Waals surface area contributed by atoms with Crippen molar-refractivity contribution in [2.75, 3.05) is 0 Å². The summed E-state index contributed by atoms with van der Waals surface area (Å²) in [5.74, 6) is 0.970. The lowest BCUT2D eigenvalue weighted by atomic mass is 10.1. The summed E-state index contributed by atoms with van der Waals surface area (Å²) in [6, 6.07) is 7.44. The van der Waals surface area contributed by atoms with E-state index in [0.717, 1.165) is 21.9 Å². The molecule has 0 saturated heterocycles. The molecule has 2 aromatic heterocycles. The third-order valence-electron chi connectivity index (χ3n) is 2.87. The van der Waals surface area contributed by atoms with Crippen LogP contribution in [0.4, 0.5) is 0 Å². The minimum absolute atomic E-state index is 0.211. The molecule has 0 amide bonds. The lowest BCUT2D eigenvalue weighted by molar-refractivity contribution is 0.480. The number of nitrogens with zero attached hydrogens (tertiary/aromatic N) is 4. The van der Waals surface area contributed by atoms with Crippen LogP contribution in [0, 0.1) is 0 Å². The smallest absolute Gasteiger partial charge is 0.191 e. The largest absolute Gasteiger partial charge is 0.506 e. The molecule has 0 spiro atoms. The van der Waals surface area contributed by atoms with Crippen LogP contribution in [0.15, 0.2) is 41.9 Å². The highest BCUT2D eigenvalue weighted by molar-refractivity contribution is 7.98. The van der Waals surface area contributed by atoms with Crippen LogP contribution in [0.2, 0.25) is 0 Å². The first-order valence-corrected chi connectivity index (χ1v) is 6.76. The van der Waals surface area contributed by atoms with Crippen molar-refractivity contribution in [1.82, 2.24) is 19.7 Å². The van der Waals surface area contributed by atoms with Gasteiger partial charge in [0.05, 0.1) is 0 Å². The fourth-order valence-electron chi connectivity index (χ4n) is 1.89. The number of fused-ring (bicyclic) bond motifs is 1. The van der Waals surface area contributed by atoms with E-state index in [2.05, 4.69) is 15.2 Å². The Kier molecular flexibility index (Phi) is 3.08. The van der Waals surface area contributed by atoms with Crippen LogP contribution < -0.4 is 0 Å². The third kappa shape index (κ3) is 2.26. The van der Waals surface area contributed by atoms with Gasteiger partial charge in [-0.3, -0.25) is 4.98 Å². The van der Waals surface area contributed by atoms with E-state index in [1.54, 1.807) is 30.4 Å². The molecule has 0 aliphatic carbocycles. The highest BCUT2D eigenvalue weighted by Gasteiger charge is 2.08. The zero-order chi connectivity index (χ0) is 13.2. The van der Waals surface area contributed by atoms with Gasteiger partial charge >= 0.3 is 0 Å². The zero-order valence-electron chi connectivity index (χ0n) is 10.3. The Hall–Kier alpha value is -2.08. The first kappa shape index (κ1) is 12.0. The van der Waals surface area contributed by atoms with Crippen LogP contribution in [0.3, 0.4) is 0 Å². The van der Waals surface area contributed by atoms with Crippen molar-refractivity contribution in [3.05, 3.63) is 42.4 Å². The summed E-state index contributed by atoms with van der Waals surface area (Å²) in [4.78, 5) is 4.21. The predicted molar refractivity (Wildman–Crippen MR) is 74.0 cm³/mol. The van der Waals surface area contributed by atoms with Gasteiger partial charge < -0.3 is 9.67 Å². The minimum atomic E-state index is 0.211. The molecule has 0 atom stereocenters. The number of pyridine rings is 1. The summed E-state index contributed by atoms with van der Waals surface area (Å²) in [6.07, 6.45) is 3.36. The Labute approximate surface area is 114 Å². The summed E-state index contributed by atoms with van der Waals surface area (Å²) in [5.41, 5.74) is 1.76. The van der Waals surface area contributed by atoms with Crippen molar-refractivity contribution >= 4 is 22.7 Å². The fourth-order valence-corrected chi connectivity index (χ4v) is 2.78. The summed E-state index contributed by atoms with van der Waals surface area (Å²) in [7, 11) is 1.92. The molecule has 0 aliphatic rings. The summed E-state index contributed by atoms with van der Waals surface area (Å²) in [5, 5.41) is 19.5. The monoisotopic (exact) mass is 272 g/mol. The number of hydrogen-bond acceptors (Lipinski definition) is 5. The van der Waals surface area contributed by atoms with Gasteiger partial charge in [0.25, 0.3) is 0 Å². The number of aryl methyl sites for hydroxylation is 1. The van der Waals surface area contributed by atoms with Crippen molar-refractivity contribution in [2.45, 2.75) is 10.9 Å². The van der Waals surface area contributed by atoms with E-state index < -0.39 is 0 Å². The molecule has 5 nitrogen and oxygen atoms in total. The maximum Gasteiger partial charge on any atom is 0.191 e. The van der Waals surface area contributed by atoms with Crippen LogP contribution >= 0.6 is 11.8 Å². The molecule has 19 heavy (non-hydrogen) atoms. The molecule has 1 N–H and O–H groups in total. The number of benzene rings is 1. The SMILES string of the molecule is Cn1cnnc1SCc1ccc(O)c2ncccc12. The Morgan fingerprint density at radius 2 is 2.21 bits per heavy atom.